The summed E-state index contributed by atoms with van der Waals surface area (Å²) in [5, 5.41) is 12.7. The minimum absolute atomic E-state index is 0.285. The number of nitrogens with zero attached hydrogens (tertiary/aromatic N) is 3. The van der Waals surface area contributed by atoms with E-state index in [0.717, 1.165) is 13.0 Å². The normalized spacial score (nSPS) is 12.5. The standard InChI is InChI=1S/C14H21ClN4/c1-10(2)5-12(9-19(3)4)17-14-7-11(8-16)6-13(15)18-14/h6-7,10,12H,5,9H2,1-4H3,(H,17,18). The number of likely N-dealkylation sites (N-methyl/N-ethyl adjacent to an activating group) is 1. The van der Waals surface area contributed by atoms with Gasteiger partial charge in [-0.15, -0.1) is 0 Å². The van der Waals surface area contributed by atoms with Crippen LogP contribution in [0.3, 0.4) is 0 Å². The maximum absolute atomic E-state index is 8.94. The van der Waals surface area contributed by atoms with Gasteiger partial charge in [-0.05, 0) is 38.6 Å². The predicted molar refractivity (Wildman–Crippen MR) is 79.4 cm³/mol. The summed E-state index contributed by atoms with van der Waals surface area (Å²) in [6, 6.07) is 5.67. The first-order chi connectivity index (χ1) is 8.90. The summed E-state index contributed by atoms with van der Waals surface area (Å²) < 4.78 is 0. The van der Waals surface area contributed by atoms with Crippen molar-refractivity contribution in [2.45, 2.75) is 26.3 Å². The van der Waals surface area contributed by atoms with Crippen molar-refractivity contribution in [2.24, 2.45) is 5.92 Å². The van der Waals surface area contributed by atoms with Crippen molar-refractivity contribution in [3.63, 3.8) is 0 Å². The van der Waals surface area contributed by atoms with Gasteiger partial charge >= 0.3 is 0 Å². The Kier molecular flexibility index (Phi) is 6.07. The van der Waals surface area contributed by atoms with Crippen LogP contribution in [0.1, 0.15) is 25.8 Å². The first kappa shape index (κ1) is 15.7. The number of nitriles is 1. The summed E-state index contributed by atoms with van der Waals surface area (Å²) in [6.45, 7) is 5.29. The van der Waals surface area contributed by atoms with Gasteiger partial charge in [0, 0.05) is 12.6 Å². The summed E-state index contributed by atoms with van der Waals surface area (Å²) in [5.41, 5.74) is 0.524. The van der Waals surface area contributed by atoms with Crippen molar-refractivity contribution < 1.29 is 0 Å². The number of rotatable bonds is 6. The third-order valence-corrected chi connectivity index (χ3v) is 2.81. The number of nitrogens with one attached hydrogen (secondary N) is 1. The lowest BCUT2D eigenvalue weighted by molar-refractivity contribution is 0.356. The molecule has 0 fully saturated rings. The second-order valence-electron chi connectivity index (χ2n) is 5.41. The molecule has 0 radical (unpaired) electrons. The summed E-state index contributed by atoms with van der Waals surface area (Å²) in [5.74, 6) is 1.25. The topological polar surface area (TPSA) is 52.0 Å². The lowest BCUT2D eigenvalue weighted by atomic mass is 10.0. The smallest absolute Gasteiger partial charge is 0.132 e. The Morgan fingerprint density at radius 1 is 1.42 bits per heavy atom. The fraction of sp³-hybridized carbons (Fsp3) is 0.571. The van der Waals surface area contributed by atoms with E-state index in [-0.39, 0.29) is 6.04 Å². The van der Waals surface area contributed by atoms with Gasteiger partial charge in [0.05, 0.1) is 11.6 Å². The lowest BCUT2D eigenvalue weighted by Gasteiger charge is -2.24. The van der Waals surface area contributed by atoms with Gasteiger partial charge in [0.25, 0.3) is 0 Å². The van der Waals surface area contributed by atoms with Gasteiger partial charge in [-0.2, -0.15) is 5.26 Å². The molecule has 1 heterocycles. The molecule has 0 aliphatic heterocycles. The van der Waals surface area contributed by atoms with Crippen LogP contribution in [0.4, 0.5) is 5.82 Å². The number of anilines is 1. The summed E-state index contributed by atoms with van der Waals surface area (Å²) in [4.78, 5) is 6.36. The molecule has 0 spiro atoms. The average Bonchev–Trinajstić information content (AvgIpc) is 2.26. The zero-order valence-electron chi connectivity index (χ0n) is 11.9. The molecule has 1 atom stereocenters. The average molecular weight is 281 g/mol. The molecule has 19 heavy (non-hydrogen) atoms. The van der Waals surface area contributed by atoms with Crippen LogP contribution in [0.15, 0.2) is 12.1 Å². The molecule has 0 amide bonds. The molecule has 0 aliphatic carbocycles. The Morgan fingerprint density at radius 2 is 2.11 bits per heavy atom. The van der Waals surface area contributed by atoms with Gasteiger partial charge in [0.1, 0.15) is 11.0 Å². The number of hydrogen-bond donors (Lipinski definition) is 1. The van der Waals surface area contributed by atoms with E-state index in [4.69, 9.17) is 16.9 Å². The first-order valence-electron chi connectivity index (χ1n) is 6.39. The molecule has 0 saturated heterocycles. The van der Waals surface area contributed by atoms with Crippen LogP contribution >= 0.6 is 11.6 Å². The van der Waals surface area contributed by atoms with Crippen molar-refractivity contribution in [3.8, 4) is 6.07 Å². The van der Waals surface area contributed by atoms with E-state index in [9.17, 15) is 0 Å². The second kappa shape index (κ2) is 7.32. The van der Waals surface area contributed by atoms with E-state index in [1.54, 1.807) is 12.1 Å². The molecular weight excluding hydrogens is 260 g/mol. The summed E-state index contributed by atoms with van der Waals surface area (Å²) in [6.07, 6.45) is 1.04. The third kappa shape index (κ3) is 5.91. The Labute approximate surface area is 120 Å². The molecule has 5 heteroatoms. The van der Waals surface area contributed by atoms with Crippen LogP contribution in [0.2, 0.25) is 5.15 Å². The Balaban J connectivity index is 2.83. The highest BCUT2D eigenvalue weighted by Crippen LogP contribution is 2.17. The molecule has 0 saturated carbocycles. The SMILES string of the molecule is CC(C)CC(CN(C)C)Nc1cc(C#N)cc(Cl)n1. The van der Waals surface area contributed by atoms with Crippen LogP contribution in [0, 0.1) is 17.2 Å². The molecule has 1 aromatic heterocycles. The van der Waals surface area contributed by atoms with Crippen LogP contribution < -0.4 is 5.32 Å². The van der Waals surface area contributed by atoms with Gasteiger partial charge in [-0.3, -0.25) is 0 Å². The zero-order valence-corrected chi connectivity index (χ0v) is 12.7. The Morgan fingerprint density at radius 3 is 2.63 bits per heavy atom. The fourth-order valence-electron chi connectivity index (χ4n) is 2.03. The highest BCUT2D eigenvalue weighted by molar-refractivity contribution is 6.29. The zero-order chi connectivity index (χ0) is 14.4. The third-order valence-electron chi connectivity index (χ3n) is 2.62. The van der Waals surface area contributed by atoms with E-state index in [1.165, 1.54) is 0 Å². The molecule has 1 rings (SSSR count). The van der Waals surface area contributed by atoms with E-state index in [0.29, 0.717) is 22.5 Å². The van der Waals surface area contributed by atoms with Gasteiger partial charge in [0.15, 0.2) is 0 Å². The molecule has 1 N–H and O–H groups in total. The number of aromatic nitrogens is 1. The monoisotopic (exact) mass is 280 g/mol. The number of pyridine rings is 1. The van der Waals surface area contributed by atoms with Crippen LogP contribution in [-0.2, 0) is 0 Å². The van der Waals surface area contributed by atoms with Gasteiger partial charge < -0.3 is 10.2 Å². The van der Waals surface area contributed by atoms with E-state index >= 15 is 0 Å². The van der Waals surface area contributed by atoms with Crippen molar-refractivity contribution in [2.75, 3.05) is 26.0 Å². The summed E-state index contributed by atoms with van der Waals surface area (Å²) in [7, 11) is 4.09. The van der Waals surface area contributed by atoms with Crippen LogP contribution in [-0.4, -0.2) is 36.6 Å². The molecule has 0 aromatic carbocycles. The molecule has 4 nitrogen and oxygen atoms in total. The highest BCUT2D eigenvalue weighted by atomic mass is 35.5. The van der Waals surface area contributed by atoms with Gasteiger partial charge in [-0.1, -0.05) is 25.4 Å². The van der Waals surface area contributed by atoms with Crippen LogP contribution in [0.5, 0.6) is 0 Å². The number of halogens is 1. The highest BCUT2D eigenvalue weighted by Gasteiger charge is 2.13. The molecule has 104 valence electrons. The maximum atomic E-state index is 8.94. The van der Waals surface area contributed by atoms with Crippen molar-refractivity contribution in [1.29, 1.82) is 5.26 Å². The molecule has 1 aromatic rings. The van der Waals surface area contributed by atoms with E-state index in [2.05, 4.69) is 35.1 Å². The maximum Gasteiger partial charge on any atom is 0.132 e. The van der Waals surface area contributed by atoms with Gasteiger partial charge in [-0.25, -0.2) is 4.98 Å². The van der Waals surface area contributed by atoms with Crippen molar-refractivity contribution in [3.05, 3.63) is 22.8 Å². The predicted octanol–water partition coefficient (Wildman–Crippen LogP) is 2.99. The summed E-state index contributed by atoms with van der Waals surface area (Å²) >= 11 is 5.91. The lowest BCUT2D eigenvalue weighted by Crippen LogP contribution is -2.33. The Bertz CT molecular complexity index is 441. The molecular formula is C14H21ClN4. The molecule has 0 bridgehead atoms. The molecule has 1 unspecified atom stereocenters. The number of hydrogen-bond acceptors (Lipinski definition) is 4. The van der Waals surface area contributed by atoms with Crippen molar-refractivity contribution in [1.82, 2.24) is 9.88 Å². The van der Waals surface area contributed by atoms with Gasteiger partial charge in [0.2, 0.25) is 0 Å². The fourth-order valence-corrected chi connectivity index (χ4v) is 2.24. The second-order valence-corrected chi connectivity index (χ2v) is 5.80. The van der Waals surface area contributed by atoms with E-state index in [1.807, 2.05) is 14.1 Å². The molecule has 0 aliphatic rings. The minimum atomic E-state index is 0.285. The quantitative estimate of drug-likeness (QED) is 0.814. The Hall–Kier alpha value is -1.31. The largest absolute Gasteiger partial charge is 0.366 e. The van der Waals surface area contributed by atoms with E-state index < -0.39 is 0 Å². The first-order valence-corrected chi connectivity index (χ1v) is 6.77. The minimum Gasteiger partial charge on any atom is -0.366 e. The van der Waals surface area contributed by atoms with Crippen molar-refractivity contribution >= 4 is 17.4 Å². The van der Waals surface area contributed by atoms with Crippen LogP contribution in [0.25, 0.3) is 0 Å².